The summed E-state index contributed by atoms with van der Waals surface area (Å²) in [7, 11) is 0. The second kappa shape index (κ2) is 7.38. The zero-order valence-electron chi connectivity index (χ0n) is 12.7. The second-order valence-electron chi connectivity index (χ2n) is 5.69. The Bertz CT molecular complexity index is 444. The molecule has 21 heavy (non-hydrogen) atoms. The molecule has 0 spiro atoms. The highest BCUT2D eigenvalue weighted by molar-refractivity contribution is 5.73. The Kier molecular flexibility index (Phi) is 5.52. The topological polar surface area (TPSA) is 68.7 Å². The van der Waals surface area contributed by atoms with Crippen molar-refractivity contribution in [1.82, 2.24) is 15.2 Å². The van der Waals surface area contributed by atoms with Crippen LogP contribution in [0.3, 0.4) is 0 Å². The lowest BCUT2D eigenvalue weighted by molar-refractivity contribution is -0.140. The Morgan fingerprint density at radius 2 is 2.05 bits per heavy atom. The summed E-state index contributed by atoms with van der Waals surface area (Å²) < 4.78 is 0. The minimum absolute atomic E-state index is 0.168. The summed E-state index contributed by atoms with van der Waals surface area (Å²) in [6.07, 6.45) is 1.80. The largest absolute Gasteiger partial charge is 0.480 e. The fourth-order valence-electron chi connectivity index (χ4n) is 2.56. The van der Waals surface area contributed by atoms with Gasteiger partial charge in [0.05, 0.1) is 0 Å². The summed E-state index contributed by atoms with van der Waals surface area (Å²) >= 11 is 0. The third kappa shape index (κ3) is 4.68. The van der Waals surface area contributed by atoms with Crippen molar-refractivity contribution in [1.29, 1.82) is 0 Å². The molecule has 1 aliphatic rings. The van der Waals surface area contributed by atoms with Gasteiger partial charge in [0.25, 0.3) is 0 Å². The van der Waals surface area contributed by atoms with Crippen LogP contribution in [-0.2, 0) is 4.79 Å². The van der Waals surface area contributed by atoms with Crippen LogP contribution in [0.15, 0.2) is 24.4 Å². The van der Waals surface area contributed by atoms with Gasteiger partial charge in [-0.05, 0) is 12.1 Å². The first-order valence-corrected chi connectivity index (χ1v) is 7.43. The van der Waals surface area contributed by atoms with Gasteiger partial charge in [0.15, 0.2) is 0 Å². The minimum Gasteiger partial charge on any atom is -0.480 e. The molecule has 0 aromatic carbocycles. The van der Waals surface area contributed by atoms with Crippen LogP contribution in [0.1, 0.15) is 13.8 Å². The molecule has 0 amide bonds. The second-order valence-corrected chi connectivity index (χ2v) is 5.69. The summed E-state index contributed by atoms with van der Waals surface area (Å²) in [6.45, 7) is 7.96. The fraction of sp³-hybridized carbons (Fsp3) is 0.600. The molecule has 1 aliphatic heterocycles. The quantitative estimate of drug-likeness (QED) is 0.802. The van der Waals surface area contributed by atoms with E-state index in [1.807, 2.05) is 32.0 Å². The van der Waals surface area contributed by atoms with Gasteiger partial charge in [-0.25, -0.2) is 4.98 Å². The molecule has 2 heterocycles. The normalized spacial score (nSPS) is 18.0. The van der Waals surface area contributed by atoms with Crippen LogP contribution < -0.4 is 10.2 Å². The maximum atomic E-state index is 11.3. The fourth-order valence-corrected chi connectivity index (χ4v) is 2.56. The highest BCUT2D eigenvalue weighted by atomic mass is 16.4. The average Bonchev–Trinajstić information content (AvgIpc) is 2.48. The maximum Gasteiger partial charge on any atom is 0.322 e. The highest BCUT2D eigenvalue weighted by Crippen LogP contribution is 2.12. The lowest BCUT2D eigenvalue weighted by Gasteiger charge is -2.36. The summed E-state index contributed by atoms with van der Waals surface area (Å²) in [4.78, 5) is 20.1. The third-order valence-electron chi connectivity index (χ3n) is 3.62. The molecule has 6 nitrogen and oxygen atoms in total. The van der Waals surface area contributed by atoms with E-state index >= 15 is 0 Å². The van der Waals surface area contributed by atoms with E-state index in [0.717, 1.165) is 32.0 Å². The van der Waals surface area contributed by atoms with Gasteiger partial charge >= 0.3 is 5.97 Å². The molecule has 1 unspecified atom stereocenters. The molecule has 1 aromatic heterocycles. The number of hydrogen-bond acceptors (Lipinski definition) is 5. The van der Waals surface area contributed by atoms with Crippen LogP contribution in [0.5, 0.6) is 0 Å². The number of carbonyl (C=O) groups is 1. The molecule has 2 N–H and O–H groups in total. The first-order chi connectivity index (χ1) is 10.1. The van der Waals surface area contributed by atoms with Crippen molar-refractivity contribution in [2.24, 2.45) is 0 Å². The molecule has 0 bridgehead atoms. The highest BCUT2D eigenvalue weighted by Gasteiger charge is 2.24. The summed E-state index contributed by atoms with van der Waals surface area (Å²) in [5.41, 5.74) is 0. The Morgan fingerprint density at radius 3 is 2.57 bits per heavy atom. The minimum atomic E-state index is -0.782. The van der Waals surface area contributed by atoms with Crippen molar-refractivity contribution in [3.63, 3.8) is 0 Å². The summed E-state index contributed by atoms with van der Waals surface area (Å²) in [6, 6.07) is 5.57. The molecular weight excluding hydrogens is 268 g/mol. The van der Waals surface area contributed by atoms with Crippen molar-refractivity contribution in [3.8, 4) is 0 Å². The number of aromatic nitrogens is 1. The lowest BCUT2D eigenvalue weighted by atomic mass is 10.2. The molecule has 0 radical (unpaired) electrons. The number of pyridine rings is 1. The summed E-state index contributed by atoms with van der Waals surface area (Å²) in [5, 5.41) is 12.4. The van der Waals surface area contributed by atoms with E-state index in [4.69, 9.17) is 0 Å². The maximum absolute atomic E-state index is 11.3. The van der Waals surface area contributed by atoms with E-state index in [1.165, 1.54) is 0 Å². The van der Waals surface area contributed by atoms with Crippen molar-refractivity contribution >= 4 is 11.8 Å². The van der Waals surface area contributed by atoms with Gasteiger partial charge in [-0.2, -0.15) is 0 Å². The van der Waals surface area contributed by atoms with E-state index in [1.54, 1.807) is 6.20 Å². The van der Waals surface area contributed by atoms with Gasteiger partial charge in [-0.3, -0.25) is 9.69 Å². The third-order valence-corrected chi connectivity index (χ3v) is 3.62. The zero-order chi connectivity index (χ0) is 15.2. The van der Waals surface area contributed by atoms with Crippen LogP contribution in [-0.4, -0.2) is 65.8 Å². The SMILES string of the molecule is CC(C)NC(CN1CCN(c2ccccn2)CC1)C(=O)O. The Balaban J connectivity index is 1.84. The van der Waals surface area contributed by atoms with Gasteiger partial charge in [0.1, 0.15) is 11.9 Å². The number of nitrogens with zero attached hydrogens (tertiary/aromatic N) is 3. The number of carboxylic acids is 1. The van der Waals surface area contributed by atoms with Gasteiger partial charge in [-0.15, -0.1) is 0 Å². The monoisotopic (exact) mass is 292 g/mol. The molecule has 2 rings (SSSR count). The van der Waals surface area contributed by atoms with Crippen LogP contribution in [0.4, 0.5) is 5.82 Å². The number of anilines is 1. The predicted molar refractivity (Wildman–Crippen MR) is 82.6 cm³/mol. The van der Waals surface area contributed by atoms with Crippen LogP contribution >= 0.6 is 0 Å². The number of carboxylic acid groups (broad SMARTS) is 1. The van der Waals surface area contributed by atoms with Crippen molar-refractivity contribution in [2.45, 2.75) is 25.9 Å². The molecule has 0 aliphatic carbocycles. The van der Waals surface area contributed by atoms with Crippen LogP contribution in [0, 0.1) is 0 Å². The molecule has 1 aromatic rings. The average molecular weight is 292 g/mol. The van der Waals surface area contributed by atoms with E-state index in [2.05, 4.69) is 20.1 Å². The van der Waals surface area contributed by atoms with Gasteiger partial charge in [0.2, 0.25) is 0 Å². The van der Waals surface area contributed by atoms with Crippen molar-refractivity contribution in [3.05, 3.63) is 24.4 Å². The van der Waals surface area contributed by atoms with Crippen LogP contribution in [0.2, 0.25) is 0 Å². The van der Waals surface area contributed by atoms with Gasteiger partial charge < -0.3 is 15.3 Å². The Hall–Kier alpha value is -1.66. The summed E-state index contributed by atoms with van der Waals surface area (Å²) in [5.74, 6) is 0.211. The standard InChI is InChI=1S/C15H24N4O2/c1-12(2)17-13(15(20)21)11-18-7-9-19(10-8-18)14-5-3-4-6-16-14/h3-6,12-13,17H,7-11H2,1-2H3,(H,20,21). The molecule has 6 heteroatoms. The number of nitrogens with one attached hydrogen (secondary N) is 1. The van der Waals surface area contributed by atoms with Gasteiger partial charge in [0, 0.05) is 45.0 Å². The van der Waals surface area contributed by atoms with Crippen molar-refractivity contribution < 1.29 is 9.90 Å². The smallest absolute Gasteiger partial charge is 0.322 e. The molecule has 116 valence electrons. The lowest BCUT2D eigenvalue weighted by Crippen LogP contribution is -2.54. The Labute approximate surface area is 125 Å². The Morgan fingerprint density at radius 1 is 1.33 bits per heavy atom. The first kappa shape index (κ1) is 15.7. The predicted octanol–water partition coefficient (Wildman–Crippen LogP) is 0.655. The molecular formula is C15H24N4O2. The molecule has 1 saturated heterocycles. The zero-order valence-corrected chi connectivity index (χ0v) is 12.7. The first-order valence-electron chi connectivity index (χ1n) is 7.43. The van der Waals surface area contributed by atoms with Crippen LogP contribution in [0.25, 0.3) is 0 Å². The number of aliphatic carboxylic acids is 1. The van der Waals surface area contributed by atoms with Gasteiger partial charge in [-0.1, -0.05) is 19.9 Å². The van der Waals surface area contributed by atoms with E-state index < -0.39 is 12.0 Å². The van der Waals surface area contributed by atoms with E-state index in [9.17, 15) is 9.90 Å². The molecule has 1 atom stereocenters. The van der Waals surface area contributed by atoms with E-state index in [0.29, 0.717) is 6.54 Å². The van der Waals surface area contributed by atoms with Crippen molar-refractivity contribution in [2.75, 3.05) is 37.6 Å². The number of hydrogen-bond donors (Lipinski definition) is 2. The molecule has 0 saturated carbocycles. The van der Waals surface area contributed by atoms with E-state index in [-0.39, 0.29) is 6.04 Å². The number of rotatable bonds is 6. The molecule has 1 fully saturated rings. The number of piperazine rings is 1.